The van der Waals surface area contributed by atoms with Crippen LogP contribution in [0, 0.1) is 6.92 Å². The zero-order chi connectivity index (χ0) is 13.4. The Morgan fingerprint density at radius 3 is 2.28 bits per heavy atom. The molecule has 0 radical (unpaired) electrons. The summed E-state index contributed by atoms with van der Waals surface area (Å²) in [6.45, 7) is 4.30. The first kappa shape index (κ1) is 16.3. The van der Waals surface area contributed by atoms with E-state index in [1.807, 2.05) is 6.92 Å². The standard InChI is InChI=1S/C15H24Cl2S/c1-3-4-5-6-7-8-9-10-13(16)14-11-12(2)15(17)18-14/h11,13H,3-10H2,1-2H3. The number of hydrogen-bond acceptors (Lipinski definition) is 1. The molecule has 1 unspecified atom stereocenters. The lowest BCUT2D eigenvalue weighted by atomic mass is 10.1. The predicted octanol–water partition coefficient (Wildman–Crippen LogP) is 7.13. The highest BCUT2D eigenvalue weighted by Gasteiger charge is 2.12. The van der Waals surface area contributed by atoms with Gasteiger partial charge in [0, 0.05) is 4.88 Å². The maximum atomic E-state index is 6.41. The maximum Gasteiger partial charge on any atom is 0.0960 e. The van der Waals surface area contributed by atoms with Gasteiger partial charge in [-0.2, -0.15) is 0 Å². The lowest BCUT2D eigenvalue weighted by molar-refractivity contribution is 0.573. The average Bonchev–Trinajstić information content (AvgIpc) is 2.68. The number of aryl methyl sites for hydroxylation is 1. The zero-order valence-corrected chi connectivity index (χ0v) is 13.8. The van der Waals surface area contributed by atoms with Crippen LogP contribution in [0.4, 0.5) is 0 Å². The first-order valence-electron chi connectivity index (χ1n) is 7.05. The molecule has 0 aliphatic rings. The first-order chi connectivity index (χ1) is 8.65. The molecule has 1 aromatic rings. The molecule has 0 saturated carbocycles. The van der Waals surface area contributed by atoms with E-state index in [2.05, 4.69) is 13.0 Å². The minimum atomic E-state index is 0.150. The zero-order valence-electron chi connectivity index (χ0n) is 11.5. The summed E-state index contributed by atoms with van der Waals surface area (Å²) < 4.78 is 0.884. The van der Waals surface area contributed by atoms with Gasteiger partial charge in [0.25, 0.3) is 0 Å². The van der Waals surface area contributed by atoms with E-state index in [1.54, 1.807) is 11.3 Å². The number of unbranched alkanes of at least 4 members (excludes halogenated alkanes) is 6. The fraction of sp³-hybridized carbons (Fsp3) is 0.733. The Morgan fingerprint density at radius 1 is 1.11 bits per heavy atom. The van der Waals surface area contributed by atoms with Crippen LogP contribution in [0.2, 0.25) is 4.34 Å². The van der Waals surface area contributed by atoms with Crippen LogP contribution in [0.25, 0.3) is 0 Å². The second-order valence-electron chi connectivity index (χ2n) is 4.98. The third-order valence-corrected chi connectivity index (χ3v) is 5.50. The maximum absolute atomic E-state index is 6.41. The Labute approximate surface area is 126 Å². The fourth-order valence-electron chi connectivity index (χ4n) is 2.06. The molecule has 1 heterocycles. The van der Waals surface area contributed by atoms with Crippen molar-refractivity contribution in [1.82, 2.24) is 0 Å². The van der Waals surface area contributed by atoms with E-state index < -0.39 is 0 Å². The molecule has 3 heteroatoms. The van der Waals surface area contributed by atoms with E-state index in [0.717, 1.165) is 16.3 Å². The Bertz CT molecular complexity index is 314. The number of hydrogen-bond donors (Lipinski definition) is 0. The van der Waals surface area contributed by atoms with Gasteiger partial charge >= 0.3 is 0 Å². The van der Waals surface area contributed by atoms with Gasteiger partial charge in [0.2, 0.25) is 0 Å². The first-order valence-corrected chi connectivity index (χ1v) is 8.68. The molecule has 0 spiro atoms. The Hall–Kier alpha value is 0.280. The van der Waals surface area contributed by atoms with E-state index in [-0.39, 0.29) is 5.38 Å². The summed E-state index contributed by atoms with van der Waals surface area (Å²) >= 11 is 14.1. The lowest BCUT2D eigenvalue weighted by Crippen LogP contribution is -1.87. The summed E-state index contributed by atoms with van der Waals surface area (Å²) in [5.74, 6) is 0. The Morgan fingerprint density at radius 2 is 1.72 bits per heavy atom. The molecule has 1 aromatic heterocycles. The largest absolute Gasteiger partial charge is 0.127 e. The van der Waals surface area contributed by atoms with Gasteiger partial charge in [-0.25, -0.2) is 0 Å². The van der Waals surface area contributed by atoms with Crippen molar-refractivity contribution in [2.45, 2.75) is 70.6 Å². The molecule has 0 aliphatic carbocycles. The Balaban J connectivity index is 2.12. The van der Waals surface area contributed by atoms with Crippen molar-refractivity contribution in [3.63, 3.8) is 0 Å². The monoisotopic (exact) mass is 306 g/mol. The van der Waals surface area contributed by atoms with Crippen molar-refractivity contribution in [3.8, 4) is 0 Å². The molecule has 0 saturated heterocycles. The summed E-state index contributed by atoms with van der Waals surface area (Å²) in [6.07, 6.45) is 10.4. The van der Waals surface area contributed by atoms with Crippen molar-refractivity contribution in [1.29, 1.82) is 0 Å². The van der Waals surface area contributed by atoms with Gasteiger partial charge in [-0.1, -0.05) is 63.5 Å². The molecular weight excluding hydrogens is 283 g/mol. The van der Waals surface area contributed by atoms with E-state index in [1.165, 1.54) is 49.8 Å². The molecule has 104 valence electrons. The molecule has 0 aliphatic heterocycles. The molecule has 18 heavy (non-hydrogen) atoms. The highest BCUT2D eigenvalue weighted by Crippen LogP contribution is 2.36. The molecule has 0 amide bonds. The van der Waals surface area contributed by atoms with Crippen molar-refractivity contribution in [3.05, 3.63) is 20.8 Å². The number of rotatable bonds is 9. The third kappa shape index (κ3) is 5.95. The summed E-state index contributed by atoms with van der Waals surface area (Å²) in [5.41, 5.74) is 1.15. The predicted molar refractivity (Wildman–Crippen MR) is 85.3 cm³/mol. The van der Waals surface area contributed by atoms with Crippen LogP contribution in [-0.4, -0.2) is 0 Å². The van der Waals surface area contributed by atoms with Crippen molar-refractivity contribution in [2.75, 3.05) is 0 Å². The quantitative estimate of drug-likeness (QED) is 0.336. The molecule has 0 fully saturated rings. The number of alkyl halides is 1. The Kier molecular flexibility index (Phi) is 8.37. The fourth-order valence-corrected chi connectivity index (χ4v) is 3.64. The average molecular weight is 307 g/mol. The van der Waals surface area contributed by atoms with E-state index in [9.17, 15) is 0 Å². The molecule has 1 rings (SSSR count). The second kappa shape index (κ2) is 9.23. The molecule has 0 bridgehead atoms. The van der Waals surface area contributed by atoms with Crippen LogP contribution in [0.15, 0.2) is 6.07 Å². The number of thiophene rings is 1. The third-order valence-electron chi connectivity index (χ3n) is 3.25. The van der Waals surface area contributed by atoms with Crippen LogP contribution in [0.5, 0.6) is 0 Å². The summed E-state index contributed by atoms with van der Waals surface area (Å²) in [5, 5.41) is 0.150. The van der Waals surface area contributed by atoms with Gasteiger partial charge in [0.15, 0.2) is 0 Å². The molecule has 1 atom stereocenters. The SMILES string of the molecule is CCCCCCCCCC(Cl)c1cc(C)c(Cl)s1. The summed E-state index contributed by atoms with van der Waals surface area (Å²) in [7, 11) is 0. The van der Waals surface area contributed by atoms with E-state index in [4.69, 9.17) is 23.2 Å². The van der Waals surface area contributed by atoms with E-state index in [0.29, 0.717) is 0 Å². The molecule has 0 N–H and O–H groups in total. The molecule has 0 aromatic carbocycles. The normalized spacial score (nSPS) is 12.9. The topological polar surface area (TPSA) is 0 Å². The molecule has 0 nitrogen and oxygen atoms in total. The van der Waals surface area contributed by atoms with Gasteiger partial charge in [0.05, 0.1) is 9.71 Å². The van der Waals surface area contributed by atoms with Gasteiger partial charge in [-0.05, 0) is 25.0 Å². The van der Waals surface area contributed by atoms with Crippen LogP contribution in [0.3, 0.4) is 0 Å². The van der Waals surface area contributed by atoms with Crippen molar-refractivity contribution >= 4 is 34.5 Å². The number of halogens is 2. The van der Waals surface area contributed by atoms with Crippen LogP contribution in [-0.2, 0) is 0 Å². The van der Waals surface area contributed by atoms with Gasteiger partial charge in [-0.3, -0.25) is 0 Å². The highest BCUT2D eigenvalue weighted by atomic mass is 35.5. The van der Waals surface area contributed by atoms with Gasteiger partial charge in [0.1, 0.15) is 0 Å². The minimum absolute atomic E-state index is 0.150. The lowest BCUT2D eigenvalue weighted by Gasteiger charge is -2.06. The highest BCUT2D eigenvalue weighted by molar-refractivity contribution is 7.16. The van der Waals surface area contributed by atoms with Crippen molar-refractivity contribution < 1.29 is 0 Å². The minimum Gasteiger partial charge on any atom is -0.127 e. The van der Waals surface area contributed by atoms with Crippen LogP contribution < -0.4 is 0 Å². The summed E-state index contributed by atoms with van der Waals surface area (Å²) in [4.78, 5) is 1.23. The second-order valence-corrected chi connectivity index (χ2v) is 7.20. The van der Waals surface area contributed by atoms with Crippen LogP contribution >= 0.6 is 34.5 Å². The van der Waals surface area contributed by atoms with Gasteiger partial charge < -0.3 is 0 Å². The smallest absolute Gasteiger partial charge is 0.0960 e. The molecular formula is C15H24Cl2S. The van der Waals surface area contributed by atoms with Crippen molar-refractivity contribution in [2.24, 2.45) is 0 Å². The van der Waals surface area contributed by atoms with Crippen LogP contribution in [0.1, 0.15) is 74.1 Å². The summed E-state index contributed by atoms with van der Waals surface area (Å²) in [6, 6.07) is 2.13. The van der Waals surface area contributed by atoms with E-state index >= 15 is 0 Å². The van der Waals surface area contributed by atoms with Gasteiger partial charge in [-0.15, -0.1) is 22.9 Å².